The minimum Gasteiger partial charge on any atom is -0.0839 e. The number of hydrogen-bond acceptors (Lipinski definition) is 0. The number of hydrogen-bond donors (Lipinski definition) is 0. The highest BCUT2D eigenvalue weighted by Gasteiger charge is 2.93. The molecule has 0 heterocycles. The topological polar surface area (TPSA) is 0 Å². The zero-order chi connectivity index (χ0) is 11.2. The second kappa shape index (κ2) is 2.16. The van der Waals surface area contributed by atoms with Gasteiger partial charge in [0.05, 0.1) is 0 Å². The van der Waals surface area contributed by atoms with Crippen molar-refractivity contribution in [1.29, 1.82) is 0 Å². The highest BCUT2D eigenvalue weighted by Crippen LogP contribution is 2.94. The van der Waals surface area contributed by atoms with Crippen molar-refractivity contribution in [3.8, 4) is 0 Å². The third-order valence-corrected chi connectivity index (χ3v) is 6.35. The van der Waals surface area contributed by atoms with Gasteiger partial charge in [0, 0.05) is 5.41 Å². The minimum atomic E-state index is 0.445. The number of rotatable bonds is 1. The van der Waals surface area contributed by atoms with Gasteiger partial charge in [0.1, 0.15) is 0 Å². The standard InChI is InChI=1S/C16H18/c1-14(2)15(3)12-9-10-13(12)16(14,15)11-7-5-4-6-8-11/h4-10,12-13H,1-3H3/t12-,13-,15-,16-/m0/s1. The maximum absolute atomic E-state index is 2.49. The van der Waals surface area contributed by atoms with Gasteiger partial charge < -0.3 is 0 Å². The van der Waals surface area contributed by atoms with Crippen LogP contribution in [0.2, 0.25) is 0 Å². The maximum atomic E-state index is 2.49. The lowest BCUT2D eigenvalue weighted by Crippen LogP contribution is -2.50. The van der Waals surface area contributed by atoms with Crippen LogP contribution in [-0.2, 0) is 5.41 Å². The Morgan fingerprint density at radius 2 is 1.50 bits per heavy atom. The second-order valence-electron chi connectivity index (χ2n) is 6.44. The summed E-state index contributed by atoms with van der Waals surface area (Å²) in [6, 6.07) is 11.2. The van der Waals surface area contributed by atoms with Crippen molar-refractivity contribution in [3.63, 3.8) is 0 Å². The quantitative estimate of drug-likeness (QED) is 0.619. The predicted molar refractivity (Wildman–Crippen MR) is 66.1 cm³/mol. The maximum Gasteiger partial charge on any atom is 0.0143 e. The molecule has 0 unspecified atom stereocenters. The molecule has 0 nitrogen and oxygen atoms in total. The van der Waals surface area contributed by atoms with E-state index in [1.54, 1.807) is 5.56 Å². The lowest BCUT2D eigenvalue weighted by molar-refractivity contribution is 0.0935. The van der Waals surface area contributed by atoms with Gasteiger partial charge in [-0.15, -0.1) is 0 Å². The summed E-state index contributed by atoms with van der Waals surface area (Å²) in [5, 5.41) is 0. The van der Waals surface area contributed by atoms with E-state index in [0.29, 0.717) is 16.2 Å². The molecule has 0 aliphatic heterocycles. The molecule has 16 heavy (non-hydrogen) atoms. The van der Waals surface area contributed by atoms with Crippen LogP contribution < -0.4 is 0 Å². The normalized spacial score (nSPS) is 49.7. The van der Waals surface area contributed by atoms with E-state index in [9.17, 15) is 0 Å². The highest BCUT2D eigenvalue weighted by molar-refractivity contribution is 5.59. The molecule has 4 rings (SSSR count). The molecule has 0 amide bonds. The van der Waals surface area contributed by atoms with Crippen LogP contribution in [-0.4, -0.2) is 0 Å². The van der Waals surface area contributed by atoms with Crippen molar-refractivity contribution >= 4 is 0 Å². The van der Waals surface area contributed by atoms with E-state index in [2.05, 4.69) is 63.3 Å². The Labute approximate surface area is 97.4 Å². The van der Waals surface area contributed by atoms with Crippen LogP contribution in [0.25, 0.3) is 0 Å². The Morgan fingerprint density at radius 3 is 2.00 bits per heavy atom. The first kappa shape index (κ1) is 9.04. The molecule has 3 aliphatic carbocycles. The summed E-state index contributed by atoms with van der Waals surface area (Å²) in [4.78, 5) is 0. The summed E-state index contributed by atoms with van der Waals surface area (Å²) in [6.07, 6.45) is 4.87. The zero-order valence-corrected chi connectivity index (χ0v) is 10.2. The van der Waals surface area contributed by atoms with E-state index in [1.165, 1.54) is 0 Å². The van der Waals surface area contributed by atoms with Gasteiger partial charge in [0.15, 0.2) is 0 Å². The van der Waals surface area contributed by atoms with E-state index < -0.39 is 0 Å². The minimum absolute atomic E-state index is 0.445. The van der Waals surface area contributed by atoms with E-state index in [4.69, 9.17) is 0 Å². The zero-order valence-electron chi connectivity index (χ0n) is 10.2. The summed E-state index contributed by atoms with van der Waals surface area (Å²) < 4.78 is 0. The molecule has 1 aromatic carbocycles. The molecule has 0 heteroatoms. The van der Waals surface area contributed by atoms with Gasteiger partial charge in [-0.1, -0.05) is 63.3 Å². The fraction of sp³-hybridized carbons (Fsp3) is 0.500. The number of fused-ring (bicyclic) bond motifs is 4. The fourth-order valence-corrected chi connectivity index (χ4v) is 5.37. The Balaban J connectivity index is 1.93. The predicted octanol–water partition coefficient (Wildman–Crippen LogP) is 3.79. The van der Waals surface area contributed by atoms with E-state index in [1.807, 2.05) is 0 Å². The Morgan fingerprint density at radius 1 is 0.875 bits per heavy atom. The Kier molecular flexibility index (Phi) is 1.22. The van der Waals surface area contributed by atoms with Gasteiger partial charge in [-0.05, 0) is 28.2 Å². The molecule has 0 N–H and O–H groups in total. The molecule has 2 fully saturated rings. The van der Waals surface area contributed by atoms with Crippen LogP contribution in [0.5, 0.6) is 0 Å². The van der Waals surface area contributed by atoms with Crippen molar-refractivity contribution in [3.05, 3.63) is 48.0 Å². The van der Waals surface area contributed by atoms with Gasteiger partial charge in [0.2, 0.25) is 0 Å². The monoisotopic (exact) mass is 210 g/mol. The molecule has 0 aromatic heterocycles. The first-order valence-electron chi connectivity index (χ1n) is 6.32. The van der Waals surface area contributed by atoms with Crippen LogP contribution in [0.4, 0.5) is 0 Å². The van der Waals surface area contributed by atoms with Crippen molar-refractivity contribution in [1.82, 2.24) is 0 Å². The molecular weight excluding hydrogens is 192 g/mol. The molecule has 0 spiro atoms. The van der Waals surface area contributed by atoms with Crippen LogP contribution in [0.15, 0.2) is 42.5 Å². The SMILES string of the molecule is CC1(C)[C@]2(C)[C@H]3C=C[C@@H]3[C@@]12c1ccccc1. The third-order valence-electron chi connectivity index (χ3n) is 6.35. The lowest BCUT2D eigenvalue weighted by atomic mass is 9.50. The van der Waals surface area contributed by atoms with Crippen molar-refractivity contribution in [2.24, 2.45) is 22.7 Å². The van der Waals surface area contributed by atoms with Gasteiger partial charge in [-0.2, -0.15) is 0 Å². The molecule has 2 saturated carbocycles. The smallest absolute Gasteiger partial charge is 0.0143 e. The van der Waals surface area contributed by atoms with Crippen LogP contribution >= 0.6 is 0 Å². The average molecular weight is 210 g/mol. The summed E-state index contributed by atoms with van der Waals surface area (Å²) in [7, 11) is 0. The Bertz CT molecular complexity index is 496. The van der Waals surface area contributed by atoms with Crippen molar-refractivity contribution < 1.29 is 0 Å². The summed E-state index contributed by atoms with van der Waals surface area (Å²) >= 11 is 0. The summed E-state index contributed by atoms with van der Waals surface area (Å²) in [6.45, 7) is 7.41. The number of benzene rings is 1. The van der Waals surface area contributed by atoms with Gasteiger partial charge in [-0.3, -0.25) is 0 Å². The molecule has 3 aliphatic rings. The van der Waals surface area contributed by atoms with Crippen molar-refractivity contribution in [2.75, 3.05) is 0 Å². The van der Waals surface area contributed by atoms with Crippen LogP contribution in [0.3, 0.4) is 0 Å². The summed E-state index contributed by atoms with van der Waals surface area (Å²) in [5.41, 5.74) is 2.98. The molecule has 82 valence electrons. The van der Waals surface area contributed by atoms with Crippen LogP contribution in [0.1, 0.15) is 26.3 Å². The molecule has 4 atom stereocenters. The summed E-state index contributed by atoms with van der Waals surface area (Å²) in [5.74, 6) is 1.66. The highest BCUT2D eigenvalue weighted by atomic mass is 15.0. The fourth-order valence-electron chi connectivity index (χ4n) is 5.37. The lowest BCUT2D eigenvalue weighted by Gasteiger charge is -2.53. The molecule has 0 bridgehead atoms. The van der Waals surface area contributed by atoms with E-state index in [-0.39, 0.29) is 0 Å². The first-order valence-corrected chi connectivity index (χ1v) is 6.32. The van der Waals surface area contributed by atoms with E-state index >= 15 is 0 Å². The van der Waals surface area contributed by atoms with Crippen LogP contribution in [0, 0.1) is 22.7 Å². The van der Waals surface area contributed by atoms with Gasteiger partial charge in [0.25, 0.3) is 0 Å². The number of allylic oxidation sites excluding steroid dienone is 2. The van der Waals surface area contributed by atoms with Gasteiger partial charge >= 0.3 is 0 Å². The third kappa shape index (κ3) is 0.533. The first-order chi connectivity index (χ1) is 7.58. The second-order valence-corrected chi connectivity index (χ2v) is 6.44. The Hall–Kier alpha value is -1.04. The molecule has 0 saturated heterocycles. The van der Waals surface area contributed by atoms with Gasteiger partial charge in [-0.25, -0.2) is 0 Å². The molecule has 0 radical (unpaired) electrons. The largest absolute Gasteiger partial charge is 0.0839 e. The molecular formula is C16H18. The molecule has 1 aromatic rings. The van der Waals surface area contributed by atoms with E-state index in [0.717, 1.165) is 11.8 Å². The van der Waals surface area contributed by atoms with Crippen molar-refractivity contribution in [2.45, 2.75) is 26.2 Å². The average Bonchev–Trinajstić information content (AvgIpc) is 2.56.